The van der Waals surface area contributed by atoms with E-state index < -0.39 is 11.9 Å². The SMILES string of the molecule is CCC(C(N)=O)N1C=CC=C(C#CC2CC2)CC1=O. The molecule has 1 aliphatic carbocycles. The zero-order chi connectivity index (χ0) is 13.8. The zero-order valence-corrected chi connectivity index (χ0v) is 11.1. The first-order chi connectivity index (χ1) is 9.11. The Morgan fingerprint density at radius 3 is 2.89 bits per heavy atom. The van der Waals surface area contributed by atoms with E-state index in [2.05, 4.69) is 11.8 Å². The molecule has 1 saturated carbocycles. The number of nitrogens with zero attached hydrogens (tertiary/aromatic N) is 1. The monoisotopic (exact) mass is 258 g/mol. The van der Waals surface area contributed by atoms with Crippen LogP contribution >= 0.6 is 0 Å². The third-order valence-corrected chi connectivity index (χ3v) is 3.24. The van der Waals surface area contributed by atoms with Crippen LogP contribution in [-0.4, -0.2) is 22.8 Å². The second-order valence-corrected chi connectivity index (χ2v) is 4.88. The number of carbonyl (C=O) groups is 2. The minimum atomic E-state index is -0.576. The van der Waals surface area contributed by atoms with Crippen molar-refractivity contribution in [3.63, 3.8) is 0 Å². The van der Waals surface area contributed by atoms with Crippen molar-refractivity contribution in [3.05, 3.63) is 23.9 Å². The molecule has 1 aliphatic heterocycles. The van der Waals surface area contributed by atoms with Crippen LogP contribution in [0.1, 0.15) is 32.6 Å². The van der Waals surface area contributed by atoms with Gasteiger partial charge in [-0.05, 0) is 31.4 Å². The number of rotatable bonds is 3. The molecule has 4 heteroatoms. The highest BCUT2D eigenvalue weighted by Crippen LogP contribution is 2.27. The van der Waals surface area contributed by atoms with Gasteiger partial charge < -0.3 is 10.6 Å². The number of hydrogen-bond acceptors (Lipinski definition) is 2. The van der Waals surface area contributed by atoms with E-state index in [-0.39, 0.29) is 12.3 Å². The molecule has 0 spiro atoms. The second kappa shape index (κ2) is 5.75. The molecule has 4 nitrogen and oxygen atoms in total. The molecule has 1 atom stereocenters. The van der Waals surface area contributed by atoms with Gasteiger partial charge in [0.1, 0.15) is 6.04 Å². The molecule has 2 aliphatic rings. The molecule has 2 rings (SSSR count). The molecular weight excluding hydrogens is 240 g/mol. The predicted octanol–water partition coefficient (Wildman–Crippen LogP) is 1.34. The molecule has 0 aromatic heterocycles. The molecule has 100 valence electrons. The number of allylic oxidation sites excluding steroid dienone is 2. The first-order valence-electron chi connectivity index (χ1n) is 6.61. The molecule has 19 heavy (non-hydrogen) atoms. The lowest BCUT2D eigenvalue weighted by molar-refractivity contribution is -0.135. The second-order valence-electron chi connectivity index (χ2n) is 4.88. The Hall–Kier alpha value is -2.02. The van der Waals surface area contributed by atoms with Crippen molar-refractivity contribution >= 4 is 11.8 Å². The van der Waals surface area contributed by atoms with Crippen LogP contribution in [0, 0.1) is 17.8 Å². The van der Waals surface area contributed by atoms with Gasteiger partial charge >= 0.3 is 0 Å². The standard InChI is InChI=1S/C15H18N2O2/c1-2-13(15(16)19)17-9-3-4-12(10-14(17)18)8-7-11-5-6-11/h3-4,9,11,13H,2,5-6,10H2,1H3,(H2,16,19). The fourth-order valence-electron chi connectivity index (χ4n) is 1.97. The van der Waals surface area contributed by atoms with Gasteiger partial charge in [0.2, 0.25) is 11.8 Å². The zero-order valence-electron chi connectivity index (χ0n) is 11.1. The molecule has 1 heterocycles. The number of primary amides is 1. The van der Waals surface area contributed by atoms with E-state index >= 15 is 0 Å². The summed E-state index contributed by atoms with van der Waals surface area (Å²) in [6, 6.07) is -0.576. The molecule has 2 amide bonds. The predicted molar refractivity (Wildman–Crippen MR) is 72.5 cm³/mol. The summed E-state index contributed by atoms with van der Waals surface area (Å²) >= 11 is 0. The highest BCUT2D eigenvalue weighted by atomic mass is 16.2. The summed E-state index contributed by atoms with van der Waals surface area (Å²) in [7, 11) is 0. The third kappa shape index (κ3) is 3.47. The van der Waals surface area contributed by atoms with E-state index in [1.807, 2.05) is 13.0 Å². The fourth-order valence-corrected chi connectivity index (χ4v) is 1.97. The lowest BCUT2D eigenvalue weighted by atomic mass is 10.1. The Morgan fingerprint density at radius 1 is 1.58 bits per heavy atom. The Bertz CT molecular complexity index is 504. The van der Waals surface area contributed by atoms with Gasteiger partial charge in [0, 0.05) is 17.7 Å². The maximum Gasteiger partial charge on any atom is 0.240 e. The van der Waals surface area contributed by atoms with Crippen molar-refractivity contribution < 1.29 is 9.59 Å². The summed E-state index contributed by atoms with van der Waals surface area (Å²) in [6.07, 6.45) is 8.28. The van der Waals surface area contributed by atoms with Crippen molar-refractivity contribution in [1.29, 1.82) is 0 Å². The summed E-state index contributed by atoms with van der Waals surface area (Å²) in [5.74, 6) is 6.10. The van der Waals surface area contributed by atoms with Crippen molar-refractivity contribution in [2.75, 3.05) is 0 Å². The van der Waals surface area contributed by atoms with Crippen molar-refractivity contribution in [2.24, 2.45) is 11.7 Å². The lowest BCUT2D eigenvalue weighted by Crippen LogP contribution is -2.44. The van der Waals surface area contributed by atoms with E-state index in [0.717, 1.165) is 18.4 Å². The molecule has 0 saturated heterocycles. The topological polar surface area (TPSA) is 63.4 Å². The number of amides is 2. The van der Waals surface area contributed by atoms with E-state index in [1.54, 1.807) is 12.3 Å². The van der Waals surface area contributed by atoms with E-state index in [4.69, 9.17) is 5.73 Å². The smallest absolute Gasteiger partial charge is 0.240 e. The fraction of sp³-hybridized carbons (Fsp3) is 0.467. The van der Waals surface area contributed by atoms with Gasteiger partial charge in [0.15, 0.2) is 0 Å². The summed E-state index contributed by atoms with van der Waals surface area (Å²) in [5.41, 5.74) is 6.12. The Kier molecular flexibility index (Phi) is 4.06. The number of hydrogen-bond donors (Lipinski definition) is 1. The van der Waals surface area contributed by atoms with Crippen LogP contribution in [0.25, 0.3) is 0 Å². The van der Waals surface area contributed by atoms with Crippen molar-refractivity contribution in [3.8, 4) is 11.8 Å². The van der Waals surface area contributed by atoms with Gasteiger partial charge in [-0.25, -0.2) is 0 Å². The number of nitrogens with two attached hydrogens (primary N) is 1. The molecule has 0 bridgehead atoms. The summed E-state index contributed by atoms with van der Waals surface area (Å²) in [6.45, 7) is 1.84. The van der Waals surface area contributed by atoms with Crippen LogP contribution < -0.4 is 5.73 Å². The van der Waals surface area contributed by atoms with Crippen LogP contribution in [0.3, 0.4) is 0 Å². The molecule has 0 aromatic rings. The van der Waals surface area contributed by atoms with Gasteiger partial charge in [-0.3, -0.25) is 9.59 Å². The van der Waals surface area contributed by atoms with Gasteiger partial charge in [0.25, 0.3) is 0 Å². The Morgan fingerprint density at radius 2 is 2.32 bits per heavy atom. The van der Waals surface area contributed by atoms with E-state index in [0.29, 0.717) is 12.3 Å². The minimum Gasteiger partial charge on any atom is -0.368 e. The Labute approximate surface area is 113 Å². The first-order valence-corrected chi connectivity index (χ1v) is 6.61. The first kappa shape index (κ1) is 13.4. The summed E-state index contributed by atoms with van der Waals surface area (Å²) in [4.78, 5) is 24.9. The average molecular weight is 258 g/mol. The lowest BCUT2D eigenvalue weighted by Gasteiger charge is -2.24. The van der Waals surface area contributed by atoms with E-state index in [1.165, 1.54) is 4.90 Å². The van der Waals surface area contributed by atoms with Crippen LogP contribution in [0.2, 0.25) is 0 Å². The Balaban J connectivity index is 2.08. The van der Waals surface area contributed by atoms with Crippen molar-refractivity contribution in [1.82, 2.24) is 4.90 Å². The summed E-state index contributed by atoms with van der Waals surface area (Å²) < 4.78 is 0. The molecule has 2 N–H and O–H groups in total. The van der Waals surface area contributed by atoms with Crippen LogP contribution in [0.4, 0.5) is 0 Å². The van der Waals surface area contributed by atoms with E-state index in [9.17, 15) is 9.59 Å². The minimum absolute atomic E-state index is 0.129. The van der Waals surface area contributed by atoms with Gasteiger partial charge in [-0.1, -0.05) is 18.8 Å². The van der Waals surface area contributed by atoms with Gasteiger partial charge in [-0.2, -0.15) is 0 Å². The van der Waals surface area contributed by atoms with Crippen LogP contribution in [-0.2, 0) is 9.59 Å². The highest BCUT2D eigenvalue weighted by Gasteiger charge is 2.26. The molecule has 1 unspecified atom stereocenters. The molecule has 0 radical (unpaired) electrons. The van der Waals surface area contributed by atoms with Gasteiger partial charge in [0.05, 0.1) is 6.42 Å². The normalized spacial score (nSPS) is 20.2. The third-order valence-electron chi connectivity index (χ3n) is 3.24. The largest absolute Gasteiger partial charge is 0.368 e. The van der Waals surface area contributed by atoms with Crippen molar-refractivity contribution in [2.45, 2.75) is 38.6 Å². The number of carbonyl (C=O) groups excluding carboxylic acids is 2. The molecular formula is C15H18N2O2. The maximum atomic E-state index is 12.1. The maximum absolute atomic E-state index is 12.1. The summed E-state index contributed by atoms with van der Waals surface area (Å²) in [5, 5.41) is 0. The quantitative estimate of drug-likeness (QED) is 0.776. The molecule has 0 aromatic carbocycles. The van der Waals surface area contributed by atoms with Crippen LogP contribution in [0.5, 0.6) is 0 Å². The highest BCUT2D eigenvalue weighted by molar-refractivity contribution is 5.89. The average Bonchev–Trinajstić information content (AvgIpc) is 3.17. The molecule has 1 fully saturated rings. The van der Waals surface area contributed by atoms with Gasteiger partial charge in [-0.15, -0.1) is 0 Å². The van der Waals surface area contributed by atoms with Crippen LogP contribution in [0.15, 0.2) is 23.9 Å².